The zero-order valence-electron chi connectivity index (χ0n) is 15.8. The smallest absolute Gasteiger partial charge is 0.189 e. The summed E-state index contributed by atoms with van der Waals surface area (Å²) in [5.74, 6) is 1.71. The fraction of sp³-hybridized carbons (Fsp3) is 0.217. The monoisotopic (exact) mass is 374 g/mol. The van der Waals surface area contributed by atoms with Crippen LogP contribution in [-0.4, -0.2) is 29.1 Å². The summed E-state index contributed by atoms with van der Waals surface area (Å²) >= 11 is 0. The number of hydrogen-bond donors (Lipinski definition) is 0. The number of ether oxygens (including phenoxy) is 2. The number of aromatic nitrogens is 2. The molecule has 1 aliphatic carbocycles. The molecule has 142 valence electrons. The lowest BCUT2D eigenvalue weighted by atomic mass is 9.86. The zero-order chi connectivity index (χ0) is 19.3. The molecule has 0 spiro atoms. The standard InChI is InChI=1S/C23H22N2O3/c1-27-20-6-2-17(3-7-20)14-19-5-4-18-15-21(8-9-22(18)23(19)26)28-13-12-25-11-10-24-16-25/h2-3,6-11,14-16H,4-5,12-13H2,1H3. The molecular formula is C23H22N2O3. The summed E-state index contributed by atoms with van der Waals surface area (Å²) in [4.78, 5) is 16.9. The van der Waals surface area contributed by atoms with Gasteiger partial charge in [0.25, 0.3) is 0 Å². The zero-order valence-corrected chi connectivity index (χ0v) is 15.8. The number of carbonyl (C=O) groups is 1. The summed E-state index contributed by atoms with van der Waals surface area (Å²) in [6, 6.07) is 13.5. The summed E-state index contributed by atoms with van der Waals surface area (Å²) in [5.41, 5.74) is 3.67. The molecular weight excluding hydrogens is 352 g/mol. The Balaban J connectivity index is 1.45. The first-order chi connectivity index (χ1) is 13.7. The van der Waals surface area contributed by atoms with Crippen LogP contribution in [0.1, 0.15) is 27.9 Å². The van der Waals surface area contributed by atoms with Crippen LogP contribution in [0.3, 0.4) is 0 Å². The van der Waals surface area contributed by atoms with E-state index in [0.29, 0.717) is 6.61 Å². The van der Waals surface area contributed by atoms with Crippen molar-refractivity contribution < 1.29 is 14.3 Å². The number of aryl methyl sites for hydroxylation is 1. The normalized spacial score (nSPS) is 14.8. The molecule has 2 aromatic carbocycles. The topological polar surface area (TPSA) is 53.4 Å². The molecule has 0 aliphatic heterocycles. The third-order valence-electron chi connectivity index (χ3n) is 4.91. The molecule has 0 amide bonds. The van der Waals surface area contributed by atoms with Gasteiger partial charge in [0.1, 0.15) is 18.1 Å². The Morgan fingerprint density at radius 3 is 2.68 bits per heavy atom. The molecule has 0 unspecified atom stereocenters. The predicted octanol–water partition coefficient (Wildman–Crippen LogP) is 4.18. The number of fused-ring (bicyclic) bond motifs is 1. The van der Waals surface area contributed by atoms with Crippen molar-refractivity contribution in [3.8, 4) is 11.5 Å². The van der Waals surface area contributed by atoms with Gasteiger partial charge in [-0.2, -0.15) is 0 Å². The molecule has 5 heteroatoms. The number of rotatable bonds is 6. The second kappa shape index (κ2) is 8.13. The maximum absolute atomic E-state index is 12.9. The minimum absolute atomic E-state index is 0.0991. The van der Waals surface area contributed by atoms with Crippen molar-refractivity contribution in [2.24, 2.45) is 0 Å². The minimum Gasteiger partial charge on any atom is -0.497 e. The summed E-state index contributed by atoms with van der Waals surface area (Å²) in [6.45, 7) is 1.30. The van der Waals surface area contributed by atoms with Crippen molar-refractivity contribution in [1.82, 2.24) is 9.55 Å². The first-order valence-electron chi connectivity index (χ1n) is 9.34. The van der Waals surface area contributed by atoms with Crippen molar-refractivity contribution >= 4 is 11.9 Å². The first kappa shape index (κ1) is 18.0. The molecule has 0 atom stereocenters. The van der Waals surface area contributed by atoms with Crippen LogP contribution < -0.4 is 9.47 Å². The van der Waals surface area contributed by atoms with Crippen LogP contribution in [0.25, 0.3) is 6.08 Å². The maximum Gasteiger partial charge on any atom is 0.189 e. The predicted molar refractivity (Wildman–Crippen MR) is 108 cm³/mol. The molecule has 4 rings (SSSR count). The molecule has 5 nitrogen and oxygen atoms in total. The molecule has 0 saturated carbocycles. The van der Waals surface area contributed by atoms with E-state index in [4.69, 9.17) is 9.47 Å². The lowest BCUT2D eigenvalue weighted by molar-refractivity contribution is 0.102. The van der Waals surface area contributed by atoms with Crippen molar-refractivity contribution in [2.75, 3.05) is 13.7 Å². The van der Waals surface area contributed by atoms with Crippen LogP contribution in [0, 0.1) is 0 Å². The average molecular weight is 374 g/mol. The SMILES string of the molecule is COc1ccc(C=C2CCc3cc(OCCn4ccnc4)ccc3C2=O)cc1. The highest BCUT2D eigenvalue weighted by Gasteiger charge is 2.22. The van der Waals surface area contributed by atoms with Crippen molar-refractivity contribution in [1.29, 1.82) is 0 Å². The molecule has 0 fully saturated rings. The van der Waals surface area contributed by atoms with Gasteiger partial charge >= 0.3 is 0 Å². The van der Waals surface area contributed by atoms with Gasteiger partial charge in [0.15, 0.2) is 5.78 Å². The lowest BCUT2D eigenvalue weighted by Crippen LogP contribution is -2.14. The molecule has 1 aromatic heterocycles. The molecule has 0 saturated heterocycles. The van der Waals surface area contributed by atoms with Crippen LogP contribution in [-0.2, 0) is 13.0 Å². The van der Waals surface area contributed by atoms with Crippen LogP contribution in [0.2, 0.25) is 0 Å². The lowest BCUT2D eigenvalue weighted by Gasteiger charge is -2.19. The van der Waals surface area contributed by atoms with Gasteiger partial charge in [-0.1, -0.05) is 12.1 Å². The minimum atomic E-state index is 0.0991. The highest BCUT2D eigenvalue weighted by atomic mass is 16.5. The number of allylic oxidation sites excluding steroid dienone is 1. The highest BCUT2D eigenvalue weighted by molar-refractivity contribution is 6.13. The van der Waals surface area contributed by atoms with Crippen molar-refractivity contribution in [2.45, 2.75) is 19.4 Å². The van der Waals surface area contributed by atoms with Gasteiger partial charge in [-0.3, -0.25) is 4.79 Å². The van der Waals surface area contributed by atoms with E-state index >= 15 is 0 Å². The number of hydrogen-bond acceptors (Lipinski definition) is 4. The van der Waals surface area contributed by atoms with E-state index in [1.54, 1.807) is 19.6 Å². The Bertz CT molecular complexity index is 989. The number of nitrogens with zero attached hydrogens (tertiary/aromatic N) is 2. The molecule has 3 aromatic rings. The van der Waals surface area contributed by atoms with Gasteiger partial charge in [-0.25, -0.2) is 4.98 Å². The molecule has 0 radical (unpaired) electrons. The van der Waals surface area contributed by atoms with Gasteiger partial charge < -0.3 is 14.0 Å². The highest BCUT2D eigenvalue weighted by Crippen LogP contribution is 2.29. The van der Waals surface area contributed by atoms with Crippen LogP contribution in [0.4, 0.5) is 0 Å². The summed E-state index contributed by atoms with van der Waals surface area (Å²) in [5, 5.41) is 0. The van der Waals surface area contributed by atoms with E-state index in [9.17, 15) is 4.79 Å². The molecule has 1 heterocycles. The van der Waals surface area contributed by atoms with Gasteiger partial charge in [0.2, 0.25) is 0 Å². The Hall–Kier alpha value is -3.34. The molecule has 28 heavy (non-hydrogen) atoms. The summed E-state index contributed by atoms with van der Waals surface area (Å²) < 4.78 is 13.0. The van der Waals surface area contributed by atoms with Crippen molar-refractivity contribution in [3.05, 3.63) is 83.4 Å². The molecule has 0 N–H and O–H groups in total. The first-order valence-corrected chi connectivity index (χ1v) is 9.34. The number of ketones is 1. The third kappa shape index (κ3) is 3.98. The number of imidazole rings is 1. The maximum atomic E-state index is 12.9. The Morgan fingerprint density at radius 2 is 1.93 bits per heavy atom. The number of carbonyl (C=O) groups excluding carboxylic acids is 1. The molecule has 1 aliphatic rings. The summed E-state index contributed by atoms with van der Waals surface area (Å²) in [7, 11) is 1.64. The second-order valence-electron chi connectivity index (χ2n) is 6.74. The van der Waals surface area contributed by atoms with E-state index in [0.717, 1.165) is 53.1 Å². The number of Topliss-reactive ketones (excluding diaryl/α,β-unsaturated/α-hetero) is 1. The van der Waals surface area contributed by atoms with E-state index in [1.807, 2.05) is 59.3 Å². The van der Waals surface area contributed by atoms with Gasteiger partial charge in [-0.05, 0) is 60.4 Å². The average Bonchev–Trinajstić information content (AvgIpc) is 3.24. The van der Waals surface area contributed by atoms with Crippen LogP contribution in [0.5, 0.6) is 11.5 Å². The fourth-order valence-electron chi connectivity index (χ4n) is 3.37. The number of benzene rings is 2. The fourth-order valence-corrected chi connectivity index (χ4v) is 3.37. The Labute approximate surface area is 164 Å². The number of methoxy groups -OCH3 is 1. The third-order valence-corrected chi connectivity index (χ3v) is 4.91. The quantitative estimate of drug-likeness (QED) is 0.607. The largest absolute Gasteiger partial charge is 0.497 e. The van der Waals surface area contributed by atoms with Crippen molar-refractivity contribution in [3.63, 3.8) is 0 Å². The van der Waals surface area contributed by atoms with E-state index in [-0.39, 0.29) is 5.78 Å². The second-order valence-corrected chi connectivity index (χ2v) is 6.74. The van der Waals surface area contributed by atoms with Gasteiger partial charge in [0.05, 0.1) is 20.0 Å². The Kier molecular flexibility index (Phi) is 5.24. The van der Waals surface area contributed by atoms with Crippen LogP contribution in [0.15, 0.2) is 66.8 Å². The van der Waals surface area contributed by atoms with E-state index in [2.05, 4.69) is 4.98 Å². The molecule has 0 bridgehead atoms. The van der Waals surface area contributed by atoms with Gasteiger partial charge in [0, 0.05) is 23.5 Å². The van der Waals surface area contributed by atoms with Crippen LogP contribution >= 0.6 is 0 Å². The summed E-state index contributed by atoms with van der Waals surface area (Å²) in [6.07, 6.45) is 8.97. The van der Waals surface area contributed by atoms with E-state index < -0.39 is 0 Å². The van der Waals surface area contributed by atoms with E-state index in [1.165, 1.54) is 0 Å². The Morgan fingerprint density at radius 1 is 1.11 bits per heavy atom. The van der Waals surface area contributed by atoms with Gasteiger partial charge in [-0.15, -0.1) is 0 Å².